The molecule has 0 radical (unpaired) electrons. The molecule has 2 aromatic carbocycles. The summed E-state index contributed by atoms with van der Waals surface area (Å²) in [6, 6.07) is 12.9. The minimum absolute atomic E-state index is 0.486. The highest BCUT2D eigenvalue weighted by Gasteiger charge is 2.03. The predicted octanol–water partition coefficient (Wildman–Crippen LogP) is 4.49. The predicted molar refractivity (Wildman–Crippen MR) is 83.4 cm³/mol. The van der Waals surface area contributed by atoms with E-state index in [1.54, 1.807) is 25.3 Å². The van der Waals surface area contributed by atoms with E-state index in [9.17, 15) is 0 Å². The molecule has 0 aliphatic carbocycles. The van der Waals surface area contributed by atoms with Gasteiger partial charge >= 0.3 is 0 Å². The van der Waals surface area contributed by atoms with Crippen molar-refractivity contribution in [3.8, 4) is 11.5 Å². The van der Waals surface area contributed by atoms with Gasteiger partial charge in [-0.3, -0.25) is 0 Å². The van der Waals surface area contributed by atoms with Crippen molar-refractivity contribution in [3.63, 3.8) is 0 Å². The van der Waals surface area contributed by atoms with Crippen LogP contribution in [0, 0.1) is 0 Å². The Bertz CT molecular complexity index is 576. The Kier molecular flexibility index (Phi) is 5.39. The number of ether oxygens (including phenoxy) is 2. The highest BCUT2D eigenvalue weighted by atomic mass is 35.5. The number of methoxy groups -OCH3 is 1. The molecule has 0 atom stereocenters. The number of nitrogens with one attached hydrogen (secondary N) is 1. The van der Waals surface area contributed by atoms with E-state index < -0.39 is 0 Å². The van der Waals surface area contributed by atoms with Crippen LogP contribution < -0.4 is 14.8 Å². The summed E-state index contributed by atoms with van der Waals surface area (Å²) in [5, 5.41) is 4.35. The van der Waals surface area contributed by atoms with Crippen molar-refractivity contribution in [1.82, 2.24) is 0 Å². The maximum absolute atomic E-state index is 6.02. The largest absolute Gasteiger partial charge is 0.495 e. The van der Waals surface area contributed by atoms with Crippen molar-refractivity contribution in [2.75, 3.05) is 25.6 Å². The van der Waals surface area contributed by atoms with E-state index in [2.05, 4.69) is 5.32 Å². The average molecular weight is 312 g/mol. The lowest BCUT2D eigenvalue weighted by Gasteiger charge is -2.12. The van der Waals surface area contributed by atoms with Gasteiger partial charge in [-0.15, -0.1) is 0 Å². The summed E-state index contributed by atoms with van der Waals surface area (Å²) in [5.74, 6) is 1.43. The van der Waals surface area contributed by atoms with Crippen molar-refractivity contribution in [2.24, 2.45) is 0 Å². The van der Waals surface area contributed by atoms with Gasteiger partial charge in [0.2, 0.25) is 0 Å². The van der Waals surface area contributed by atoms with Crippen LogP contribution in [0.5, 0.6) is 11.5 Å². The van der Waals surface area contributed by atoms with E-state index in [0.717, 1.165) is 11.4 Å². The van der Waals surface area contributed by atoms with Crippen LogP contribution in [0.25, 0.3) is 0 Å². The minimum Gasteiger partial charge on any atom is -0.495 e. The number of para-hydroxylation sites is 2. The first-order valence-electron chi connectivity index (χ1n) is 6.15. The summed E-state index contributed by atoms with van der Waals surface area (Å²) >= 11 is 11.8. The molecule has 0 unspecified atom stereocenters. The zero-order chi connectivity index (χ0) is 14.4. The van der Waals surface area contributed by atoms with Gasteiger partial charge in [-0.05, 0) is 30.3 Å². The molecule has 0 aliphatic rings. The molecular formula is C15H15Cl2NO2. The van der Waals surface area contributed by atoms with Crippen molar-refractivity contribution in [2.45, 2.75) is 0 Å². The Labute approximate surface area is 128 Å². The maximum Gasteiger partial charge on any atom is 0.141 e. The molecule has 0 saturated heterocycles. The number of anilines is 1. The van der Waals surface area contributed by atoms with Gasteiger partial charge in [0.05, 0.1) is 17.8 Å². The SMILES string of the molecule is COc1ccccc1NCCOc1ccc(Cl)cc1Cl. The van der Waals surface area contributed by atoms with E-state index in [4.69, 9.17) is 32.7 Å². The lowest BCUT2D eigenvalue weighted by atomic mass is 10.3. The Morgan fingerprint density at radius 1 is 1.05 bits per heavy atom. The highest BCUT2D eigenvalue weighted by Crippen LogP contribution is 2.27. The third-order valence-corrected chi connectivity index (χ3v) is 3.21. The van der Waals surface area contributed by atoms with E-state index in [1.807, 2.05) is 24.3 Å². The third kappa shape index (κ3) is 3.95. The molecule has 0 aliphatic heterocycles. The highest BCUT2D eigenvalue weighted by molar-refractivity contribution is 6.35. The van der Waals surface area contributed by atoms with Gasteiger partial charge in [-0.25, -0.2) is 0 Å². The molecule has 2 rings (SSSR count). The molecular weight excluding hydrogens is 297 g/mol. The molecule has 0 amide bonds. The fourth-order valence-electron chi connectivity index (χ4n) is 1.73. The first-order chi connectivity index (χ1) is 9.70. The first kappa shape index (κ1) is 14.8. The Morgan fingerprint density at radius 3 is 2.60 bits per heavy atom. The lowest BCUT2D eigenvalue weighted by Crippen LogP contribution is -2.12. The molecule has 0 fully saturated rings. The topological polar surface area (TPSA) is 30.5 Å². The number of halogens is 2. The van der Waals surface area contributed by atoms with Gasteiger partial charge in [0.1, 0.15) is 18.1 Å². The molecule has 0 aromatic heterocycles. The maximum atomic E-state index is 6.02. The normalized spacial score (nSPS) is 10.2. The minimum atomic E-state index is 0.486. The molecule has 1 N–H and O–H groups in total. The zero-order valence-electron chi connectivity index (χ0n) is 11.0. The summed E-state index contributed by atoms with van der Waals surface area (Å²) in [6.45, 7) is 1.12. The van der Waals surface area contributed by atoms with E-state index in [0.29, 0.717) is 28.9 Å². The number of hydrogen-bond donors (Lipinski definition) is 1. The monoisotopic (exact) mass is 311 g/mol. The fraction of sp³-hybridized carbons (Fsp3) is 0.200. The molecule has 0 heterocycles. The number of benzene rings is 2. The second-order valence-corrected chi connectivity index (χ2v) is 4.89. The van der Waals surface area contributed by atoms with Crippen LogP contribution in [0.1, 0.15) is 0 Å². The molecule has 20 heavy (non-hydrogen) atoms. The summed E-state index contributed by atoms with van der Waals surface area (Å²) in [6.07, 6.45) is 0. The summed E-state index contributed by atoms with van der Waals surface area (Å²) in [7, 11) is 1.64. The molecule has 0 saturated carbocycles. The number of hydrogen-bond acceptors (Lipinski definition) is 3. The van der Waals surface area contributed by atoms with Gasteiger partial charge < -0.3 is 14.8 Å². The molecule has 2 aromatic rings. The Balaban J connectivity index is 1.84. The molecule has 0 spiro atoms. The second-order valence-electron chi connectivity index (χ2n) is 4.05. The van der Waals surface area contributed by atoms with E-state index in [1.165, 1.54) is 0 Å². The molecule has 0 bridgehead atoms. The van der Waals surface area contributed by atoms with Crippen LogP contribution in [0.3, 0.4) is 0 Å². The molecule has 106 valence electrons. The average Bonchev–Trinajstić information content (AvgIpc) is 2.46. The van der Waals surface area contributed by atoms with Gasteiger partial charge in [0.15, 0.2) is 0 Å². The van der Waals surface area contributed by atoms with Crippen LogP contribution >= 0.6 is 23.2 Å². The van der Waals surface area contributed by atoms with E-state index in [-0.39, 0.29) is 0 Å². The Hall–Kier alpha value is -1.58. The van der Waals surface area contributed by atoms with Crippen LogP contribution in [0.15, 0.2) is 42.5 Å². The Morgan fingerprint density at radius 2 is 1.85 bits per heavy atom. The number of rotatable bonds is 6. The summed E-state index contributed by atoms with van der Waals surface area (Å²) in [4.78, 5) is 0. The van der Waals surface area contributed by atoms with Gasteiger partial charge in [-0.2, -0.15) is 0 Å². The summed E-state index contributed by atoms with van der Waals surface area (Å²) in [5.41, 5.74) is 0.931. The van der Waals surface area contributed by atoms with Gasteiger partial charge in [-0.1, -0.05) is 35.3 Å². The van der Waals surface area contributed by atoms with Gasteiger partial charge in [0.25, 0.3) is 0 Å². The van der Waals surface area contributed by atoms with Crippen LogP contribution in [0.4, 0.5) is 5.69 Å². The van der Waals surface area contributed by atoms with Crippen molar-refractivity contribution in [1.29, 1.82) is 0 Å². The lowest BCUT2D eigenvalue weighted by molar-refractivity contribution is 0.332. The van der Waals surface area contributed by atoms with Gasteiger partial charge in [0, 0.05) is 11.6 Å². The third-order valence-electron chi connectivity index (χ3n) is 2.68. The standard InChI is InChI=1S/C15H15Cl2NO2/c1-19-15-5-3-2-4-13(15)18-8-9-20-14-7-6-11(16)10-12(14)17/h2-7,10,18H,8-9H2,1H3. The van der Waals surface area contributed by atoms with Crippen LogP contribution in [-0.4, -0.2) is 20.3 Å². The quantitative estimate of drug-likeness (QED) is 0.797. The van der Waals surface area contributed by atoms with Crippen molar-refractivity contribution < 1.29 is 9.47 Å². The molecule has 3 nitrogen and oxygen atoms in total. The summed E-state index contributed by atoms with van der Waals surface area (Å²) < 4.78 is 10.8. The fourth-order valence-corrected chi connectivity index (χ4v) is 2.19. The smallest absolute Gasteiger partial charge is 0.141 e. The van der Waals surface area contributed by atoms with Crippen LogP contribution in [0.2, 0.25) is 10.0 Å². The van der Waals surface area contributed by atoms with Crippen LogP contribution in [-0.2, 0) is 0 Å². The molecule has 5 heteroatoms. The second kappa shape index (κ2) is 7.27. The van der Waals surface area contributed by atoms with E-state index >= 15 is 0 Å². The van der Waals surface area contributed by atoms with Crippen molar-refractivity contribution in [3.05, 3.63) is 52.5 Å². The van der Waals surface area contributed by atoms with Crippen molar-refractivity contribution >= 4 is 28.9 Å². The first-order valence-corrected chi connectivity index (χ1v) is 6.91. The zero-order valence-corrected chi connectivity index (χ0v) is 12.5.